The van der Waals surface area contributed by atoms with E-state index in [0.29, 0.717) is 24.8 Å². The smallest absolute Gasteiger partial charge is 0.320 e. The SMILES string of the molecule is C=C1C(=O)C23CC1CCC2[C@@]12CO[C@H](O)[C@H]1C(C)(C)[C@H](OC(C)=O)C[C@H]2OC3=O. The molecule has 8 atom stereocenters. The zero-order chi connectivity index (χ0) is 20.9. The highest BCUT2D eigenvalue weighted by atomic mass is 16.6. The molecule has 3 unspecified atom stereocenters. The van der Waals surface area contributed by atoms with Gasteiger partial charge >= 0.3 is 11.9 Å². The lowest BCUT2D eigenvalue weighted by molar-refractivity contribution is -0.256. The number of ketones is 1. The molecule has 1 N–H and O–H groups in total. The first-order chi connectivity index (χ1) is 13.6. The van der Waals surface area contributed by atoms with Crippen molar-refractivity contribution >= 4 is 17.7 Å². The van der Waals surface area contributed by atoms with Gasteiger partial charge in [0, 0.05) is 30.1 Å². The van der Waals surface area contributed by atoms with Gasteiger partial charge in [-0.3, -0.25) is 14.4 Å². The van der Waals surface area contributed by atoms with E-state index in [0.717, 1.165) is 6.42 Å². The Balaban J connectivity index is 1.66. The van der Waals surface area contributed by atoms with Crippen LogP contribution in [0.15, 0.2) is 12.2 Å². The predicted octanol–water partition coefficient (Wildman–Crippen LogP) is 1.77. The lowest BCUT2D eigenvalue weighted by atomic mass is 9.43. The monoisotopic (exact) mass is 404 g/mol. The molecule has 2 bridgehead atoms. The first-order valence-electron chi connectivity index (χ1n) is 10.5. The number of esters is 2. The Kier molecular flexibility index (Phi) is 3.78. The fraction of sp³-hybridized carbons (Fsp3) is 0.773. The number of carbonyl (C=O) groups is 3. The van der Waals surface area contributed by atoms with Gasteiger partial charge in [0.1, 0.15) is 17.6 Å². The molecule has 29 heavy (non-hydrogen) atoms. The van der Waals surface area contributed by atoms with Gasteiger partial charge in [-0.2, -0.15) is 0 Å². The van der Waals surface area contributed by atoms with Crippen LogP contribution < -0.4 is 0 Å². The molecule has 0 radical (unpaired) electrons. The quantitative estimate of drug-likeness (QED) is 0.404. The van der Waals surface area contributed by atoms with E-state index in [-0.39, 0.29) is 24.2 Å². The third-order valence-corrected chi connectivity index (χ3v) is 8.75. The van der Waals surface area contributed by atoms with Crippen LogP contribution in [0.5, 0.6) is 0 Å². The van der Waals surface area contributed by atoms with Crippen LogP contribution in [0.2, 0.25) is 0 Å². The highest BCUT2D eigenvalue weighted by Crippen LogP contribution is 2.71. The number of hydrogen-bond donors (Lipinski definition) is 1. The van der Waals surface area contributed by atoms with Crippen LogP contribution in [0, 0.1) is 34.0 Å². The maximum Gasteiger partial charge on any atom is 0.320 e. The van der Waals surface area contributed by atoms with Crippen LogP contribution in [0.4, 0.5) is 0 Å². The van der Waals surface area contributed by atoms with Crippen molar-refractivity contribution in [3.63, 3.8) is 0 Å². The molecule has 3 aliphatic carbocycles. The first kappa shape index (κ1) is 19.2. The van der Waals surface area contributed by atoms with Crippen LogP contribution in [0.1, 0.15) is 46.5 Å². The summed E-state index contributed by atoms with van der Waals surface area (Å²) >= 11 is 0. The van der Waals surface area contributed by atoms with Crippen LogP contribution in [0.3, 0.4) is 0 Å². The summed E-state index contributed by atoms with van der Waals surface area (Å²) < 4.78 is 17.4. The normalized spacial score (nSPS) is 49.7. The molecule has 0 aromatic carbocycles. The number of Topliss-reactive ketones (excluding diaryl/α,β-unsaturated/α-hetero) is 1. The minimum atomic E-state index is -1.22. The number of rotatable bonds is 1. The summed E-state index contributed by atoms with van der Waals surface area (Å²) in [7, 11) is 0. The molecular formula is C22H28O7. The first-order valence-corrected chi connectivity index (χ1v) is 10.5. The minimum Gasteiger partial charge on any atom is -0.462 e. The second-order valence-corrected chi connectivity index (χ2v) is 10.2. The summed E-state index contributed by atoms with van der Waals surface area (Å²) in [6, 6.07) is 0. The molecular weight excluding hydrogens is 376 g/mol. The Morgan fingerprint density at radius 3 is 2.69 bits per heavy atom. The van der Waals surface area contributed by atoms with E-state index in [4.69, 9.17) is 14.2 Å². The van der Waals surface area contributed by atoms with E-state index in [9.17, 15) is 19.5 Å². The summed E-state index contributed by atoms with van der Waals surface area (Å²) in [5.41, 5.74) is -1.98. The number of carbonyl (C=O) groups excluding carboxylic acids is 3. The number of aliphatic hydroxyl groups excluding tert-OH is 1. The average Bonchev–Trinajstić information content (AvgIpc) is 3.09. The average molecular weight is 404 g/mol. The molecule has 0 amide bonds. The zero-order valence-electron chi connectivity index (χ0n) is 17.1. The molecule has 2 spiro atoms. The fourth-order valence-electron chi connectivity index (χ4n) is 7.60. The van der Waals surface area contributed by atoms with Gasteiger partial charge in [-0.05, 0) is 36.7 Å². The molecule has 2 aliphatic heterocycles. The summed E-state index contributed by atoms with van der Waals surface area (Å²) in [4.78, 5) is 38.3. The number of ether oxygens (including phenoxy) is 3. The van der Waals surface area contributed by atoms with E-state index in [1.54, 1.807) is 0 Å². The molecule has 7 nitrogen and oxygen atoms in total. The van der Waals surface area contributed by atoms with Crippen molar-refractivity contribution in [1.29, 1.82) is 0 Å². The second kappa shape index (κ2) is 5.70. The van der Waals surface area contributed by atoms with Crippen molar-refractivity contribution in [3.05, 3.63) is 12.2 Å². The molecule has 2 heterocycles. The minimum absolute atomic E-state index is 0.0235. The lowest BCUT2D eigenvalue weighted by Crippen LogP contribution is -2.70. The Morgan fingerprint density at radius 1 is 1.28 bits per heavy atom. The molecule has 5 fully saturated rings. The number of hydrogen-bond acceptors (Lipinski definition) is 7. The summed E-state index contributed by atoms with van der Waals surface area (Å²) in [5.74, 6) is -1.76. The standard InChI is InChI=1S/C22H28O7/c1-10-12-5-6-13-21(8-12,17(10)24)19(26)29-15-7-14(28-11(2)23)20(3,4)16-18(25)27-9-22(13,15)16/h12-16,18,25H,1,5-9H2,2-4H3/t12?,13?,14-,15-,16+,18+,21?,22-/m1/s1. The van der Waals surface area contributed by atoms with Crippen molar-refractivity contribution in [3.8, 4) is 0 Å². The molecule has 5 aliphatic rings. The number of allylic oxidation sites excluding steroid dienone is 1. The highest BCUT2D eigenvalue weighted by Gasteiger charge is 2.78. The zero-order valence-corrected chi connectivity index (χ0v) is 17.1. The fourth-order valence-corrected chi connectivity index (χ4v) is 7.60. The Morgan fingerprint density at radius 2 is 2.00 bits per heavy atom. The maximum absolute atomic E-state index is 13.3. The van der Waals surface area contributed by atoms with Crippen molar-refractivity contribution in [2.24, 2.45) is 34.0 Å². The third-order valence-electron chi connectivity index (χ3n) is 8.75. The van der Waals surface area contributed by atoms with Crippen LogP contribution in [-0.4, -0.2) is 47.9 Å². The maximum atomic E-state index is 13.3. The van der Waals surface area contributed by atoms with E-state index in [2.05, 4.69) is 6.58 Å². The predicted molar refractivity (Wildman–Crippen MR) is 99.1 cm³/mol. The Bertz CT molecular complexity index is 831. The van der Waals surface area contributed by atoms with Crippen LogP contribution in [-0.2, 0) is 28.6 Å². The Labute approximate surface area is 169 Å². The third kappa shape index (κ3) is 2.08. The van der Waals surface area contributed by atoms with Crippen molar-refractivity contribution in [1.82, 2.24) is 0 Å². The molecule has 7 heteroatoms. The number of aliphatic hydroxyl groups is 1. The van der Waals surface area contributed by atoms with Gasteiger partial charge in [0.15, 0.2) is 12.1 Å². The van der Waals surface area contributed by atoms with Gasteiger partial charge in [0.2, 0.25) is 0 Å². The van der Waals surface area contributed by atoms with Gasteiger partial charge < -0.3 is 19.3 Å². The molecule has 2 saturated heterocycles. The summed E-state index contributed by atoms with van der Waals surface area (Å²) in [6.45, 7) is 9.48. The highest BCUT2D eigenvalue weighted by molar-refractivity contribution is 6.15. The van der Waals surface area contributed by atoms with Crippen LogP contribution in [0.25, 0.3) is 0 Å². The summed E-state index contributed by atoms with van der Waals surface area (Å²) in [5, 5.41) is 10.9. The van der Waals surface area contributed by atoms with Gasteiger partial charge in [-0.15, -0.1) is 0 Å². The topological polar surface area (TPSA) is 99.1 Å². The van der Waals surface area contributed by atoms with Gasteiger partial charge in [0.05, 0.1) is 6.61 Å². The molecule has 5 rings (SSSR count). The van der Waals surface area contributed by atoms with Gasteiger partial charge in [-0.1, -0.05) is 20.4 Å². The molecule has 0 aromatic rings. The van der Waals surface area contributed by atoms with Crippen LogP contribution >= 0.6 is 0 Å². The van der Waals surface area contributed by atoms with Crippen molar-refractivity contribution in [2.75, 3.05) is 6.61 Å². The van der Waals surface area contributed by atoms with E-state index >= 15 is 0 Å². The Hall–Kier alpha value is -1.73. The second-order valence-electron chi connectivity index (χ2n) is 10.2. The van der Waals surface area contributed by atoms with Gasteiger partial charge in [0.25, 0.3) is 0 Å². The molecule has 0 aromatic heterocycles. The number of fused-ring (bicyclic) bond motifs is 1. The summed E-state index contributed by atoms with van der Waals surface area (Å²) in [6.07, 6.45) is 0.125. The molecule has 158 valence electrons. The lowest BCUT2D eigenvalue weighted by Gasteiger charge is -2.62. The molecule has 3 saturated carbocycles. The largest absolute Gasteiger partial charge is 0.462 e. The van der Waals surface area contributed by atoms with Crippen molar-refractivity contribution in [2.45, 2.75) is 65.0 Å². The van der Waals surface area contributed by atoms with E-state index < -0.39 is 52.6 Å². The van der Waals surface area contributed by atoms with E-state index in [1.165, 1.54) is 6.92 Å². The van der Waals surface area contributed by atoms with Crippen molar-refractivity contribution < 1.29 is 33.7 Å². The van der Waals surface area contributed by atoms with E-state index in [1.807, 2.05) is 13.8 Å². The van der Waals surface area contributed by atoms with Gasteiger partial charge in [-0.25, -0.2) is 0 Å².